The minimum atomic E-state index is 0.889. The molecule has 3 aromatic heterocycles. The molecule has 0 aliphatic rings. The van der Waals surface area contributed by atoms with Gasteiger partial charge in [-0.25, -0.2) is 0 Å². The van der Waals surface area contributed by atoms with E-state index >= 15 is 0 Å². The van der Waals surface area contributed by atoms with Crippen molar-refractivity contribution in [2.45, 2.75) is 0 Å². The Morgan fingerprint density at radius 3 is 1.45 bits per heavy atom. The van der Waals surface area contributed by atoms with E-state index in [1.165, 1.54) is 51.5 Å². The zero-order valence-electron chi connectivity index (χ0n) is 37.2. The summed E-state index contributed by atoms with van der Waals surface area (Å²) in [6, 6.07) is 88.0. The van der Waals surface area contributed by atoms with Crippen LogP contribution in [0.3, 0.4) is 0 Å². The Morgan fingerprint density at radius 1 is 0.275 bits per heavy atom. The summed E-state index contributed by atoms with van der Waals surface area (Å²) < 4.78 is 12.2. The highest BCUT2D eigenvalue weighted by Gasteiger charge is 2.23. The Kier molecular flexibility index (Phi) is 9.26. The van der Waals surface area contributed by atoms with Crippen LogP contribution >= 0.6 is 22.7 Å². The summed E-state index contributed by atoms with van der Waals surface area (Å²) in [6.45, 7) is 0. The first-order valence-electron chi connectivity index (χ1n) is 23.3. The van der Waals surface area contributed by atoms with Crippen molar-refractivity contribution >= 4 is 130 Å². The number of furan rings is 1. The van der Waals surface area contributed by atoms with Crippen molar-refractivity contribution < 1.29 is 4.42 Å². The van der Waals surface area contributed by atoms with Gasteiger partial charge >= 0.3 is 0 Å². The second-order valence-corrected chi connectivity index (χ2v) is 19.8. The average Bonchev–Trinajstić information content (AvgIpc) is 4.11. The average molecular weight is 917 g/mol. The molecule has 3 heterocycles. The van der Waals surface area contributed by atoms with Gasteiger partial charge in [-0.2, -0.15) is 0 Å². The van der Waals surface area contributed by atoms with E-state index in [9.17, 15) is 0 Å². The molecule has 3 nitrogen and oxygen atoms in total. The first-order valence-corrected chi connectivity index (χ1v) is 24.9. The van der Waals surface area contributed by atoms with Crippen molar-refractivity contribution in [3.8, 4) is 22.3 Å². The predicted octanol–water partition coefficient (Wildman–Crippen LogP) is 19.7. The Labute approximate surface area is 406 Å². The number of anilines is 6. The highest BCUT2D eigenvalue weighted by molar-refractivity contribution is 7.26. The predicted molar refractivity (Wildman–Crippen MR) is 297 cm³/mol. The van der Waals surface area contributed by atoms with Crippen LogP contribution < -0.4 is 9.80 Å². The first kappa shape index (κ1) is 39.7. The van der Waals surface area contributed by atoms with Crippen LogP contribution in [0.2, 0.25) is 0 Å². The molecule has 0 unspecified atom stereocenters. The molecule has 0 N–H and O–H groups in total. The van der Waals surface area contributed by atoms with Gasteiger partial charge in [-0.3, -0.25) is 0 Å². The SMILES string of the molecule is c1ccc(N(c2ccccc2)c2cc(-c3ccc4sc5cc(-c6cc(N(c7ccccc7)c7ccccc7)cc7c6sc6ccccc67)ccc5c4c3)c3oc4c5ccccc5ccc4c3c2)cc1. The zero-order valence-corrected chi connectivity index (χ0v) is 38.8. The summed E-state index contributed by atoms with van der Waals surface area (Å²) in [4.78, 5) is 4.73. The van der Waals surface area contributed by atoms with Gasteiger partial charge in [-0.05, 0) is 120 Å². The van der Waals surface area contributed by atoms with Crippen LogP contribution in [0.15, 0.2) is 247 Å². The Morgan fingerprint density at radius 2 is 0.783 bits per heavy atom. The summed E-state index contributed by atoms with van der Waals surface area (Å²) in [5.41, 5.74) is 13.0. The number of nitrogens with zero attached hydrogens (tertiary/aromatic N) is 2. The maximum absolute atomic E-state index is 7.06. The fourth-order valence-electron chi connectivity index (χ4n) is 10.4. The Bertz CT molecular complexity index is 4170. The highest BCUT2D eigenvalue weighted by Crippen LogP contribution is 2.49. The lowest BCUT2D eigenvalue weighted by Crippen LogP contribution is -2.09. The fourth-order valence-corrected chi connectivity index (χ4v) is 12.8. The number of thiophene rings is 2. The van der Waals surface area contributed by atoms with Gasteiger partial charge < -0.3 is 14.2 Å². The van der Waals surface area contributed by atoms with Crippen molar-refractivity contribution in [1.82, 2.24) is 0 Å². The topological polar surface area (TPSA) is 19.6 Å². The lowest BCUT2D eigenvalue weighted by atomic mass is 9.97. The van der Waals surface area contributed by atoms with Crippen molar-refractivity contribution in [3.05, 3.63) is 243 Å². The molecule has 14 aromatic rings. The lowest BCUT2D eigenvalue weighted by molar-refractivity contribution is 0.674. The maximum Gasteiger partial charge on any atom is 0.143 e. The van der Waals surface area contributed by atoms with Gasteiger partial charge in [0.25, 0.3) is 0 Å². The van der Waals surface area contributed by atoms with Gasteiger partial charge in [0.15, 0.2) is 0 Å². The van der Waals surface area contributed by atoms with Crippen LogP contribution in [0, 0.1) is 0 Å². The fraction of sp³-hybridized carbons (Fsp3) is 0. The third kappa shape index (κ3) is 6.62. The van der Waals surface area contributed by atoms with Crippen molar-refractivity contribution in [2.75, 3.05) is 9.80 Å². The van der Waals surface area contributed by atoms with Crippen LogP contribution in [0.5, 0.6) is 0 Å². The molecule has 0 bridgehead atoms. The summed E-state index contributed by atoms with van der Waals surface area (Å²) in [5.74, 6) is 0. The van der Waals surface area contributed by atoms with Crippen LogP contribution in [0.4, 0.5) is 34.1 Å². The molecule has 14 rings (SSSR count). The second kappa shape index (κ2) is 16.1. The van der Waals surface area contributed by atoms with Crippen molar-refractivity contribution in [1.29, 1.82) is 0 Å². The molecule has 0 fully saturated rings. The summed E-state index contributed by atoms with van der Waals surface area (Å²) in [7, 11) is 0. The highest BCUT2D eigenvalue weighted by atomic mass is 32.1. The van der Waals surface area contributed by atoms with E-state index < -0.39 is 0 Å². The van der Waals surface area contributed by atoms with E-state index in [1.807, 2.05) is 22.7 Å². The van der Waals surface area contributed by atoms with Crippen LogP contribution in [-0.2, 0) is 0 Å². The molecule has 69 heavy (non-hydrogen) atoms. The van der Waals surface area contributed by atoms with E-state index in [0.717, 1.165) is 78.0 Å². The molecule has 324 valence electrons. The standard InChI is InChI=1S/C64H40N2OS2/c1-5-18-44(19-6-1)65(45-20-7-2-8-21-45)48-37-54(63-57(39-48)53-33-29-41-17-13-14-26-50(41)62(53)67-63)42-31-34-60-56(35-42)52-32-30-43(36-61(52)68-60)55-38-49(40-58-51-27-15-16-28-59(51)69-64(55)58)66(46-22-9-3-10-23-46)47-24-11-4-12-25-47/h1-40H. The third-order valence-electron chi connectivity index (χ3n) is 13.6. The number of benzene rings is 11. The van der Waals surface area contributed by atoms with Crippen LogP contribution in [0.25, 0.3) is 95.3 Å². The smallest absolute Gasteiger partial charge is 0.143 e. The minimum Gasteiger partial charge on any atom is -0.455 e. The van der Waals surface area contributed by atoms with Gasteiger partial charge in [0, 0.05) is 102 Å². The van der Waals surface area contributed by atoms with Crippen molar-refractivity contribution in [3.63, 3.8) is 0 Å². The number of hydrogen-bond acceptors (Lipinski definition) is 5. The van der Waals surface area contributed by atoms with E-state index in [4.69, 9.17) is 4.42 Å². The van der Waals surface area contributed by atoms with E-state index in [0.29, 0.717) is 0 Å². The van der Waals surface area contributed by atoms with Gasteiger partial charge in [0.1, 0.15) is 11.2 Å². The molecule has 0 amide bonds. The van der Waals surface area contributed by atoms with Gasteiger partial charge in [-0.1, -0.05) is 140 Å². The largest absolute Gasteiger partial charge is 0.455 e. The number of fused-ring (bicyclic) bond motifs is 11. The molecular weight excluding hydrogens is 877 g/mol. The third-order valence-corrected chi connectivity index (χ3v) is 15.9. The lowest BCUT2D eigenvalue weighted by Gasteiger charge is -2.26. The molecule has 0 spiro atoms. The zero-order chi connectivity index (χ0) is 45.4. The van der Waals surface area contributed by atoms with Crippen molar-refractivity contribution in [2.24, 2.45) is 0 Å². The Hall–Kier alpha value is -8.48. The second-order valence-electron chi connectivity index (χ2n) is 17.6. The molecule has 0 atom stereocenters. The normalized spacial score (nSPS) is 11.8. The monoisotopic (exact) mass is 916 g/mol. The van der Waals surface area contributed by atoms with Crippen LogP contribution in [0.1, 0.15) is 0 Å². The first-order chi connectivity index (χ1) is 34.2. The summed E-state index contributed by atoms with van der Waals surface area (Å²) in [6.07, 6.45) is 0. The van der Waals surface area contributed by atoms with Gasteiger partial charge in [-0.15, -0.1) is 22.7 Å². The van der Waals surface area contributed by atoms with E-state index in [1.54, 1.807) is 0 Å². The number of hydrogen-bond donors (Lipinski definition) is 0. The maximum atomic E-state index is 7.06. The molecule has 0 radical (unpaired) electrons. The van der Waals surface area contributed by atoms with Gasteiger partial charge in [0.2, 0.25) is 0 Å². The molecular formula is C64H40N2OS2. The van der Waals surface area contributed by atoms with E-state index in [2.05, 4.69) is 252 Å². The molecule has 11 aromatic carbocycles. The van der Waals surface area contributed by atoms with E-state index in [-0.39, 0.29) is 0 Å². The quantitative estimate of drug-likeness (QED) is 0.151. The minimum absolute atomic E-state index is 0.889. The van der Waals surface area contributed by atoms with Crippen LogP contribution in [-0.4, -0.2) is 0 Å². The summed E-state index contributed by atoms with van der Waals surface area (Å²) >= 11 is 3.74. The number of para-hydroxylation sites is 4. The Balaban J connectivity index is 0.960. The molecule has 5 heteroatoms. The molecule has 0 saturated carbocycles. The molecule has 0 aliphatic heterocycles. The number of rotatable bonds is 8. The molecule has 0 saturated heterocycles. The van der Waals surface area contributed by atoms with Gasteiger partial charge in [0.05, 0.1) is 0 Å². The molecule has 0 aliphatic carbocycles. The summed E-state index contributed by atoms with van der Waals surface area (Å²) in [5, 5.41) is 9.51.